The van der Waals surface area contributed by atoms with E-state index in [1.165, 1.54) is 5.56 Å². The van der Waals surface area contributed by atoms with Gasteiger partial charge in [0.25, 0.3) is 0 Å². The number of rotatable bonds is 7. The maximum Gasteiger partial charge on any atom is 0.189 e. The molecule has 2 aromatic rings. The van der Waals surface area contributed by atoms with Gasteiger partial charge >= 0.3 is 0 Å². The number of aryl methyl sites for hydroxylation is 1. The number of aromatic nitrogens is 1. The molecule has 110 valence electrons. The molecule has 1 heterocycles. The van der Waals surface area contributed by atoms with E-state index in [2.05, 4.69) is 22.3 Å². The molecular formula is C16H19N3O2. The summed E-state index contributed by atoms with van der Waals surface area (Å²) in [6, 6.07) is 14.0. The number of benzene rings is 1. The van der Waals surface area contributed by atoms with Gasteiger partial charge in [0, 0.05) is 18.4 Å². The molecule has 0 radical (unpaired) electrons. The van der Waals surface area contributed by atoms with Crippen molar-refractivity contribution in [2.45, 2.75) is 19.4 Å². The van der Waals surface area contributed by atoms with Crippen molar-refractivity contribution >= 4 is 5.84 Å². The molecule has 0 fully saturated rings. The molecule has 5 heteroatoms. The van der Waals surface area contributed by atoms with Gasteiger partial charge in [0.05, 0.1) is 6.61 Å². The highest BCUT2D eigenvalue weighted by molar-refractivity contribution is 5.96. The van der Waals surface area contributed by atoms with Crippen LogP contribution in [-0.2, 0) is 17.8 Å². The number of hydrogen-bond donors (Lipinski definition) is 2. The van der Waals surface area contributed by atoms with Crippen LogP contribution in [0.25, 0.3) is 0 Å². The maximum atomic E-state index is 8.73. The lowest BCUT2D eigenvalue weighted by Gasteiger charge is -2.08. The van der Waals surface area contributed by atoms with Gasteiger partial charge in [0.15, 0.2) is 5.84 Å². The average molecular weight is 285 g/mol. The lowest BCUT2D eigenvalue weighted by atomic mass is 10.1. The monoisotopic (exact) mass is 285 g/mol. The Kier molecular flexibility index (Phi) is 5.72. The molecule has 0 saturated carbocycles. The molecule has 1 aromatic carbocycles. The number of nitrogens with zero attached hydrogens (tertiary/aromatic N) is 2. The predicted molar refractivity (Wildman–Crippen MR) is 81.2 cm³/mol. The van der Waals surface area contributed by atoms with Crippen LogP contribution in [-0.4, -0.2) is 22.6 Å². The van der Waals surface area contributed by atoms with Crippen molar-refractivity contribution < 1.29 is 9.94 Å². The lowest BCUT2D eigenvalue weighted by Crippen LogP contribution is -2.18. The quantitative estimate of drug-likeness (QED) is 0.269. The first-order valence-corrected chi connectivity index (χ1v) is 6.84. The predicted octanol–water partition coefficient (Wildman–Crippen LogP) is 2.33. The Labute approximate surface area is 124 Å². The Morgan fingerprint density at radius 2 is 2.00 bits per heavy atom. The molecule has 0 aliphatic heterocycles. The zero-order valence-corrected chi connectivity index (χ0v) is 11.8. The van der Waals surface area contributed by atoms with Crippen molar-refractivity contribution in [1.82, 2.24) is 4.98 Å². The van der Waals surface area contributed by atoms with Crippen molar-refractivity contribution in [2.75, 3.05) is 6.61 Å². The zero-order chi connectivity index (χ0) is 14.9. The van der Waals surface area contributed by atoms with Crippen LogP contribution in [0.5, 0.6) is 0 Å². The molecule has 0 bridgehead atoms. The summed E-state index contributed by atoms with van der Waals surface area (Å²) in [6.45, 7) is 1.05. The molecule has 0 aliphatic rings. The number of ether oxygens (including phenoxy) is 1. The fraction of sp³-hybridized carbons (Fsp3) is 0.250. The molecule has 1 aromatic heterocycles. The fourth-order valence-corrected chi connectivity index (χ4v) is 2.04. The Bertz CT molecular complexity index is 585. The van der Waals surface area contributed by atoms with E-state index in [0.29, 0.717) is 18.9 Å². The van der Waals surface area contributed by atoms with E-state index in [-0.39, 0.29) is 5.84 Å². The summed E-state index contributed by atoms with van der Waals surface area (Å²) in [7, 11) is 0. The van der Waals surface area contributed by atoms with Gasteiger partial charge in [-0.1, -0.05) is 41.6 Å². The highest BCUT2D eigenvalue weighted by Gasteiger charge is 2.07. The third-order valence-corrected chi connectivity index (χ3v) is 3.10. The Morgan fingerprint density at radius 3 is 2.76 bits per heavy atom. The Morgan fingerprint density at radius 1 is 1.19 bits per heavy atom. The molecule has 0 amide bonds. The van der Waals surface area contributed by atoms with Gasteiger partial charge in [-0.15, -0.1) is 0 Å². The minimum absolute atomic E-state index is 0.00140. The van der Waals surface area contributed by atoms with Crippen LogP contribution >= 0.6 is 0 Å². The highest BCUT2D eigenvalue weighted by atomic mass is 16.5. The van der Waals surface area contributed by atoms with Gasteiger partial charge in [0.2, 0.25) is 0 Å². The standard InChI is InChI=1S/C16H19N3O2/c17-16(19-20)15-14(9-4-10-18-15)12-21-11-5-8-13-6-2-1-3-7-13/h1-4,6-7,9-10,20H,5,8,11-12H2,(H2,17,19). The molecule has 5 nitrogen and oxygen atoms in total. The van der Waals surface area contributed by atoms with Gasteiger partial charge < -0.3 is 15.7 Å². The van der Waals surface area contributed by atoms with Crippen LogP contribution in [0.15, 0.2) is 53.8 Å². The molecule has 0 saturated heterocycles. The topological polar surface area (TPSA) is 80.7 Å². The molecule has 0 aliphatic carbocycles. The number of pyridine rings is 1. The Balaban J connectivity index is 1.79. The largest absolute Gasteiger partial charge is 0.409 e. The second-order valence-corrected chi connectivity index (χ2v) is 4.64. The van der Waals surface area contributed by atoms with E-state index in [9.17, 15) is 0 Å². The average Bonchev–Trinajstić information content (AvgIpc) is 2.55. The first-order chi connectivity index (χ1) is 10.3. The van der Waals surface area contributed by atoms with Crippen molar-refractivity contribution in [2.24, 2.45) is 10.9 Å². The van der Waals surface area contributed by atoms with Crippen LogP contribution in [0.2, 0.25) is 0 Å². The summed E-state index contributed by atoms with van der Waals surface area (Å²) >= 11 is 0. The molecule has 2 rings (SSSR count). The molecular weight excluding hydrogens is 266 g/mol. The zero-order valence-electron chi connectivity index (χ0n) is 11.8. The van der Waals surface area contributed by atoms with Gasteiger partial charge in [-0.05, 0) is 24.5 Å². The first kappa shape index (κ1) is 15.0. The fourth-order valence-electron chi connectivity index (χ4n) is 2.04. The van der Waals surface area contributed by atoms with Gasteiger partial charge in [-0.3, -0.25) is 4.98 Å². The lowest BCUT2D eigenvalue weighted by molar-refractivity contribution is 0.118. The van der Waals surface area contributed by atoms with Crippen LogP contribution in [0.3, 0.4) is 0 Å². The first-order valence-electron chi connectivity index (χ1n) is 6.84. The van der Waals surface area contributed by atoms with Crippen molar-refractivity contribution in [3.05, 3.63) is 65.5 Å². The minimum atomic E-state index is -0.00140. The Hall–Kier alpha value is -2.40. The number of amidine groups is 1. The van der Waals surface area contributed by atoms with E-state index in [1.54, 1.807) is 12.3 Å². The summed E-state index contributed by atoms with van der Waals surface area (Å²) in [4.78, 5) is 4.10. The van der Waals surface area contributed by atoms with E-state index in [4.69, 9.17) is 15.7 Å². The van der Waals surface area contributed by atoms with Gasteiger partial charge in [0.1, 0.15) is 5.69 Å². The molecule has 3 N–H and O–H groups in total. The SMILES string of the molecule is NC(=NO)c1ncccc1COCCCc1ccccc1. The van der Waals surface area contributed by atoms with E-state index < -0.39 is 0 Å². The number of hydrogen-bond acceptors (Lipinski definition) is 4. The second-order valence-electron chi connectivity index (χ2n) is 4.64. The van der Waals surface area contributed by atoms with E-state index in [1.807, 2.05) is 24.3 Å². The third-order valence-electron chi connectivity index (χ3n) is 3.10. The summed E-state index contributed by atoms with van der Waals surface area (Å²) in [5.41, 5.74) is 8.16. The summed E-state index contributed by atoms with van der Waals surface area (Å²) < 4.78 is 5.64. The van der Waals surface area contributed by atoms with Gasteiger partial charge in [-0.25, -0.2) is 0 Å². The molecule has 0 atom stereocenters. The normalized spacial score (nSPS) is 11.5. The second kappa shape index (κ2) is 8.01. The van der Waals surface area contributed by atoms with Crippen molar-refractivity contribution in [3.63, 3.8) is 0 Å². The van der Waals surface area contributed by atoms with Crippen LogP contribution < -0.4 is 5.73 Å². The van der Waals surface area contributed by atoms with E-state index in [0.717, 1.165) is 18.4 Å². The molecule has 0 unspecified atom stereocenters. The van der Waals surface area contributed by atoms with Gasteiger partial charge in [-0.2, -0.15) is 0 Å². The van der Waals surface area contributed by atoms with Crippen LogP contribution in [0, 0.1) is 0 Å². The van der Waals surface area contributed by atoms with Crippen LogP contribution in [0.4, 0.5) is 0 Å². The maximum absolute atomic E-state index is 8.73. The molecule has 0 spiro atoms. The van der Waals surface area contributed by atoms with Crippen molar-refractivity contribution in [1.29, 1.82) is 0 Å². The number of oxime groups is 1. The highest BCUT2D eigenvalue weighted by Crippen LogP contribution is 2.08. The number of nitrogens with two attached hydrogens (primary N) is 1. The third kappa shape index (κ3) is 4.57. The minimum Gasteiger partial charge on any atom is -0.409 e. The smallest absolute Gasteiger partial charge is 0.189 e. The summed E-state index contributed by atoms with van der Waals surface area (Å²) in [5, 5.41) is 11.7. The summed E-state index contributed by atoms with van der Waals surface area (Å²) in [5.74, 6) is -0.00140. The van der Waals surface area contributed by atoms with Crippen molar-refractivity contribution in [3.8, 4) is 0 Å². The van der Waals surface area contributed by atoms with Crippen LogP contribution in [0.1, 0.15) is 23.2 Å². The van der Waals surface area contributed by atoms with E-state index >= 15 is 0 Å². The molecule has 21 heavy (non-hydrogen) atoms. The summed E-state index contributed by atoms with van der Waals surface area (Å²) in [6.07, 6.45) is 3.54.